The summed E-state index contributed by atoms with van der Waals surface area (Å²) < 4.78 is 0. The van der Waals surface area contributed by atoms with E-state index in [1.165, 1.54) is 19.3 Å². The highest BCUT2D eigenvalue weighted by Crippen LogP contribution is 2.30. The molecule has 1 aromatic carbocycles. The Morgan fingerprint density at radius 1 is 1.21 bits per heavy atom. The van der Waals surface area contributed by atoms with Crippen LogP contribution in [0, 0.1) is 0 Å². The number of carbonyl (C=O) groups excluding carboxylic acids is 2. The van der Waals surface area contributed by atoms with Gasteiger partial charge in [-0.3, -0.25) is 4.79 Å². The SMILES string of the molecule is CCCN1C(=O)CCc2cc(NC(=O)NC3CCCCC3)ccc21. The first-order valence-corrected chi connectivity index (χ1v) is 9.18. The van der Waals surface area contributed by atoms with Crippen molar-refractivity contribution < 1.29 is 9.59 Å². The van der Waals surface area contributed by atoms with Crippen molar-refractivity contribution in [3.63, 3.8) is 0 Å². The minimum atomic E-state index is -0.126. The number of carbonyl (C=O) groups is 2. The first-order valence-electron chi connectivity index (χ1n) is 9.18. The molecule has 1 fully saturated rings. The molecule has 0 atom stereocenters. The maximum atomic E-state index is 12.2. The zero-order valence-corrected chi connectivity index (χ0v) is 14.4. The fraction of sp³-hybridized carbons (Fsp3) is 0.579. The first kappa shape index (κ1) is 16.8. The second-order valence-electron chi connectivity index (χ2n) is 6.82. The highest BCUT2D eigenvalue weighted by atomic mass is 16.2. The molecular weight excluding hydrogens is 302 g/mol. The largest absolute Gasteiger partial charge is 0.335 e. The molecule has 0 unspecified atom stereocenters. The molecule has 2 N–H and O–H groups in total. The van der Waals surface area contributed by atoms with Gasteiger partial charge in [0.15, 0.2) is 0 Å². The lowest BCUT2D eigenvalue weighted by atomic mass is 9.96. The van der Waals surface area contributed by atoms with Crippen LogP contribution in [0.1, 0.15) is 57.4 Å². The molecule has 1 aliphatic heterocycles. The number of fused-ring (bicyclic) bond motifs is 1. The van der Waals surface area contributed by atoms with Crippen molar-refractivity contribution in [2.75, 3.05) is 16.8 Å². The first-order chi connectivity index (χ1) is 11.7. The second-order valence-corrected chi connectivity index (χ2v) is 6.82. The average Bonchev–Trinajstić information content (AvgIpc) is 2.58. The van der Waals surface area contributed by atoms with Crippen molar-refractivity contribution >= 4 is 23.3 Å². The molecule has 24 heavy (non-hydrogen) atoms. The van der Waals surface area contributed by atoms with Gasteiger partial charge in [0, 0.05) is 30.4 Å². The second kappa shape index (κ2) is 7.69. The standard InChI is InChI=1S/C19H27N3O2/c1-2-12-22-17-10-9-16(13-14(17)8-11-18(22)23)21-19(24)20-15-6-4-3-5-7-15/h9-10,13,15H,2-8,11-12H2,1H3,(H2,20,21,24). The molecule has 3 amide bonds. The van der Waals surface area contributed by atoms with E-state index in [0.29, 0.717) is 12.5 Å². The van der Waals surface area contributed by atoms with Crippen LogP contribution < -0.4 is 15.5 Å². The van der Waals surface area contributed by atoms with Crippen molar-refractivity contribution in [1.82, 2.24) is 5.32 Å². The predicted octanol–water partition coefficient (Wildman–Crippen LogP) is 3.83. The number of benzene rings is 1. The van der Waals surface area contributed by atoms with Crippen LogP contribution in [0.4, 0.5) is 16.2 Å². The molecule has 0 saturated heterocycles. The van der Waals surface area contributed by atoms with Crippen molar-refractivity contribution in [2.24, 2.45) is 0 Å². The van der Waals surface area contributed by atoms with Gasteiger partial charge in [-0.05, 0) is 49.4 Å². The smallest absolute Gasteiger partial charge is 0.319 e. The number of rotatable bonds is 4. The van der Waals surface area contributed by atoms with E-state index in [1.807, 2.05) is 23.1 Å². The zero-order valence-electron chi connectivity index (χ0n) is 14.4. The monoisotopic (exact) mass is 329 g/mol. The Kier molecular flexibility index (Phi) is 5.38. The van der Waals surface area contributed by atoms with Crippen LogP contribution in [0.25, 0.3) is 0 Å². The Morgan fingerprint density at radius 2 is 2.00 bits per heavy atom. The molecule has 0 spiro atoms. The summed E-state index contributed by atoms with van der Waals surface area (Å²) in [6.45, 7) is 2.83. The highest BCUT2D eigenvalue weighted by Gasteiger charge is 2.23. The topological polar surface area (TPSA) is 61.4 Å². The fourth-order valence-electron chi connectivity index (χ4n) is 3.71. The lowest BCUT2D eigenvalue weighted by Gasteiger charge is -2.29. The van der Waals surface area contributed by atoms with Crippen LogP contribution in [0.15, 0.2) is 18.2 Å². The molecule has 1 aromatic rings. The lowest BCUT2D eigenvalue weighted by Crippen LogP contribution is -2.39. The molecule has 2 aliphatic rings. The van der Waals surface area contributed by atoms with E-state index >= 15 is 0 Å². The van der Waals surface area contributed by atoms with Crippen molar-refractivity contribution in [3.05, 3.63) is 23.8 Å². The summed E-state index contributed by atoms with van der Waals surface area (Å²) in [6.07, 6.45) is 8.05. The van der Waals surface area contributed by atoms with Gasteiger partial charge < -0.3 is 15.5 Å². The number of nitrogens with zero attached hydrogens (tertiary/aromatic N) is 1. The molecule has 3 rings (SSSR count). The minimum absolute atomic E-state index is 0.126. The Labute approximate surface area is 143 Å². The maximum absolute atomic E-state index is 12.2. The van der Waals surface area contributed by atoms with Crippen molar-refractivity contribution in [3.8, 4) is 0 Å². The van der Waals surface area contributed by atoms with Crippen molar-refractivity contribution in [2.45, 2.75) is 64.3 Å². The molecule has 5 heteroatoms. The molecular formula is C19H27N3O2. The quantitative estimate of drug-likeness (QED) is 0.882. The van der Waals surface area contributed by atoms with Crippen LogP contribution in [0.3, 0.4) is 0 Å². The van der Waals surface area contributed by atoms with E-state index in [-0.39, 0.29) is 11.9 Å². The van der Waals surface area contributed by atoms with E-state index in [2.05, 4.69) is 17.6 Å². The average molecular weight is 329 g/mol. The lowest BCUT2D eigenvalue weighted by molar-refractivity contribution is -0.118. The molecule has 1 saturated carbocycles. The van der Waals surface area contributed by atoms with Crippen molar-refractivity contribution in [1.29, 1.82) is 0 Å². The maximum Gasteiger partial charge on any atom is 0.319 e. The summed E-state index contributed by atoms with van der Waals surface area (Å²) >= 11 is 0. The van der Waals surface area contributed by atoms with Gasteiger partial charge in [0.1, 0.15) is 0 Å². The molecule has 1 aliphatic carbocycles. The van der Waals surface area contributed by atoms with E-state index in [9.17, 15) is 9.59 Å². The zero-order chi connectivity index (χ0) is 16.9. The molecule has 130 valence electrons. The summed E-state index contributed by atoms with van der Waals surface area (Å²) in [4.78, 5) is 26.1. The third-order valence-electron chi connectivity index (χ3n) is 4.93. The van der Waals surface area contributed by atoms with E-state index < -0.39 is 0 Å². The highest BCUT2D eigenvalue weighted by molar-refractivity contribution is 5.97. The fourth-order valence-corrected chi connectivity index (χ4v) is 3.71. The third kappa shape index (κ3) is 3.89. The summed E-state index contributed by atoms with van der Waals surface area (Å²) in [5.41, 5.74) is 2.93. The third-order valence-corrected chi connectivity index (χ3v) is 4.93. The molecule has 5 nitrogen and oxygen atoms in total. The number of hydrogen-bond acceptors (Lipinski definition) is 2. The summed E-state index contributed by atoms with van der Waals surface area (Å²) in [7, 11) is 0. The van der Waals surface area contributed by atoms with Gasteiger partial charge in [-0.2, -0.15) is 0 Å². The van der Waals surface area contributed by atoms with Gasteiger partial charge >= 0.3 is 6.03 Å². The van der Waals surface area contributed by atoms with Gasteiger partial charge in [-0.15, -0.1) is 0 Å². The van der Waals surface area contributed by atoms with Crippen LogP contribution in [0.2, 0.25) is 0 Å². The van der Waals surface area contributed by atoms with Crippen LogP contribution in [-0.2, 0) is 11.2 Å². The number of nitrogens with one attached hydrogen (secondary N) is 2. The number of urea groups is 1. The normalized spacial score (nSPS) is 18.2. The minimum Gasteiger partial charge on any atom is -0.335 e. The Hall–Kier alpha value is -2.04. The summed E-state index contributed by atoms with van der Waals surface area (Å²) in [6, 6.07) is 6.03. The van der Waals surface area contributed by atoms with Crippen LogP contribution in [0.5, 0.6) is 0 Å². The Bertz CT molecular complexity index is 609. The predicted molar refractivity (Wildman–Crippen MR) is 96.4 cm³/mol. The van der Waals surface area contributed by atoms with Gasteiger partial charge in [0.2, 0.25) is 5.91 Å². The van der Waals surface area contributed by atoms with Gasteiger partial charge in [-0.1, -0.05) is 26.2 Å². The Balaban J connectivity index is 1.65. The number of anilines is 2. The van der Waals surface area contributed by atoms with Crippen LogP contribution in [-0.4, -0.2) is 24.5 Å². The number of amides is 3. The van der Waals surface area contributed by atoms with Gasteiger partial charge in [0.25, 0.3) is 0 Å². The molecule has 0 bridgehead atoms. The number of aryl methyl sites for hydroxylation is 1. The number of hydrogen-bond donors (Lipinski definition) is 2. The molecule has 1 heterocycles. The summed E-state index contributed by atoms with van der Waals surface area (Å²) in [5.74, 6) is 0.195. The Morgan fingerprint density at radius 3 is 2.75 bits per heavy atom. The van der Waals surface area contributed by atoms with E-state index in [4.69, 9.17) is 0 Å². The van der Waals surface area contributed by atoms with E-state index in [0.717, 1.165) is 49.2 Å². The summed E-state index contributed by atoms with van der Waals surface area (Å²) in [5, 5.41) is 6.01. The van der Waals surface area contributed by atoms with Crippen LogP contribution >= 0.6 is 0 Å². The van der Waals surface area contributed by atoms with Gasteiger partial charge in [0.05, 0.1) is 0 Å². The molecule has 0 radical (unpaired) electrons. The van der Waals surface area contributed by atoms with Gasteiger partial charge in [-0.25, -0.2) is 4.79 Å². The van der Waals surface area contributed by atoms with E-state index in [1.54, 1.807) is 0 Å². The molecule has 0 aromatic heterocycles.